The van der Waals surface area contributed by atoms with E-state index in [1.165, 1.54) is 12.1 Å². The van der Waals surface area contributed by atoms with Crippen LogP contribution in [0.1, 0.15) is 13.3 Å². The summed E-state index contributed by atoms with van der Waals surface area (Å²) < 4.78 is 0. The highest BCUT2D eigenvalue weighted by Gasteiger charge is 2.12. The molecule has 0 saturated carbocycles. The smallest absolute Gasteiger partial charge is 0.225 e. The van der Waals surface area contributed by atoms with Gasteiger partial charge in [0, 0.05) is 24.5 Å². The van der Waals surface area contributed by atoms with E-state index < -0.39 is 6.10 Å². The van der Waals surface area contributed by atoms with Gasteiger partial charge in [0.25, 0.3) is 0 Å². The van der Waals surface area contributed by atoms with Crippen molar-refractivity contribution < 1.29 is 9.90 Å². The van der Waals surface area contributed by atoms with Gasteiger partial charge in [0.1, 0.15) is 0 Å². The minimum absolute atomic E-state index is 0.196. The molecule has 1 aromatic carbocycles. The molecule has 0 aliphatic heterocycles. The lowest BCUT2D eigenvalue weighted by atomic mass is 10.2. The van der Waals surface area contributed by atoms with Crippen LogP contribution >= 0.6 is 23.2 Å². The number of carbonyl (C=O) groups is 1. The van der Waals surface area contributed by atoms with Crippen LogP contribution in [0.4, 0.5) is 11.4 Å². The Morgan fingerprint density at radius 2 is 2.15 bits per heavy atom. The molecule has 1 amide bonds. The molecule has 1 rings (SSSR count). The van der Waals surface area contributed by atoms with Crippen LogP contribution in [0.25, 0.3) is 0 Å². The van der Waals surface area contributed by atoms with Gasteiger partial charge in [-0.3, -0.25) is 4.79 Å². The van der Waals surface area contributed by atoms with Crippen LogP contribution in [0, 0.1) is 0 Å². The number of halogens is 2. The van der Waals surface area contributed by atoms with Crippen molar-refractivity contribution in [2.75, 3.05) is 31.2 Å². The number of hydrogen-bond donors (Lipinski definition) is 3. The number of likely N-dealkylation sites (N-methyl/N-ethyl adjacent to an activating group) is 1. The average molecular weight is 320 g/mol. The molecular weight excluding hydrogens is 301 g/mol. The van der Waals surface area contributed by atoms with Crippen molar-refractivity contribution in [1.29, 1.82) is 0 Å². The number of benzene rings is 1. The highest BCUT2D eigenvalue weighted by molar-refractivity contribution is 6.37. The number of carbonyl (C=O) groups excluding carboxylic acids is 1. The number of aliphatic hydroxyl groups excluding tert-OH is 1. The maximum atomic E-state index is 11.8. The number of nitrogens with two attached hydrogens (primary N) is 1. The molecule has 112 valence electrons. The van der Waals surface area contributed by atoms with E-state index in [4.69, 9.17) is 28.9 Å². The molecule has 0 radical (unpaired) electrons. The maximum Gasteiger partial charge on any atom is 0.225 e. The van der Waals surface area contributed by atoms with Crippen LogP contribution in [0.15, 0.2) is 12.1 Å². The van der Waals surface area contributed by atoms with Gasteiger partial charge in [-0.1, -0.05) is 23.2 Å². The van der Waals surface area contributed by atoms with E-state index in [1.807, 2.05) is 11.9 Å². The van der Waals surface area contributed by atoms with E-state index in [1.54, 1.807) is 6.92 Å². The van der Waals surface area contributed by atoms with Gasteiger partial charge in [0.15, 0.2) is 0 Å². The summed E-state index contributed by atoms with van der Waals surface area (Å²) in [5.41, 5.74) is 6.47. The average Bonchev–Trinajstić information content (AvgIpc) is 2.30. The van der Waals surface area contributed by atoms with E-state index in [9.17, 15) is 9.90 Å². The number of aliphatic hydroxyl groups is 1. The Balaban J connectivity index is 2.55. The van der Waals surface area contributed by atoms with Crippen molar-refractivity contribution in [3.63, 3.8) is 0 Å². The Labute approximate surface area is 128 Å². The standard InChI is InChI=1S/C13H19Cl2N3O2/c1-8(19)7-18(2)4-3-12(20)17-13-10(15)5-9(14)6-11(13)16/h5-6,8,19H,3-4,7,16H2,1-2H3,(H,17,20). The number of hydrogen-bond acceptors (Lipinski definition) is 4. The topological polar surface area (TPSA) is 78.6 Å². The number of rotatable bonds is 6. The zero-order chi connectivity index (χ0) is 15.3. The van der Waals surface area contributed by atoms with Gasteiger partial charge in [-0.2, -0.15) is 0 Å². The minimum atomic E-state index is -0.426. The third kappa shape index (κ3) is 5.54. The van der Waals surface area contributed by atoms with Crippen LogP contribution in [0.2, 0.25) is 10.0 Å². The second-order valence-corrected chi connectivity index (χ2v) is 5.60. The Kier molecular flexibility index (Phi) is 6.55. The molecule has 1 unspecified atom stereocenters. The molecule has 4 N–H and O–H groups in total. The molecule has 0 heterocycles. The molecule has 0 aromatic heterocycles. The molecule has 0 saturated heterocycles. The molecule has 0 bridgehead atoms. The lowest BCUT2D eigenvalue weighted by Crippen LogP contribution is -2.30. The highest BCUT2D eigenvalue weighted by atomic mass is 35.5. The normalized spacial score (nSPS) is 12.5. The zero-order valence-corrected chi connectivity index (χ0v) is 13.0. The Hall–Kier alpha value is -1.01. The van der Waals surface area contributed by atoms with Crippen molar-refractivity contribution >= 4 is 40.5 Å². The third-order valence-electron chi connectivity index (χ3n) is 2.65. The lowest BCUT2D eigenvalue weighted by Gasteiger charge is -2.18. The van der Waals surface area contributed by atoms with E-state index in [0.29, 0.717) is 34.5 Å². The largest absolute Gasteiger partial charge is 0.397 e. The van der Waals surface area contributed by atoms with E-state index in [-0.39, 0.29) is 12.3 Å². The summed E-state index contributed by atoms with van der Waals surface area (Å²) in [6.45, 7) is 2.74. The summed E-state index contributed by atoms with van der Waals surface area (Å²) in [4.78, 5) is 13.7. The molecule has 7 heteroatoms. The van der Waals surface area contributed by atoms with Crippen LogP contribution < -0.4 is 11.1 Å². The molecule has 5 nitrogen and oxygen atoms in total. The Morgan fingerprint density at radius 1 is 1.50 bits per heavy atom. The highest BCUT2D eigenvalue weighted by Crippen LogP contribution is 2.32. The van der Waals surface area contributed by atoms with Crippen molar-refractivity contribution in [3.05, 3.63) is 22.2 Å². The van der Waals surface area contributed by atoms with Gasteiger partial charge in [-0.05, 0) is 26.1 Å². The summed E-state index contributed by atoms with van der Waals surface area (Å²) in [7, 11) is 1.84. The van der Waals surface area contributed by atoms with E-state index >= 15 is 0 Å². The summed E-state index contributed by atoms with van der Waals surface area (Å²) >= 11 is 11.8. The fourth-order valence-corrected chi connectivity index (χ4v) is 2.32. The number of amides is 1. The van der Waals surface area contributed by atoms with Gasteiger partial charge in [-0.15, -0.1) is 0 Å². The fraction of sp³-hybridized carbons (Fsp3) is 0.462. The minimum Gasteiger partial charge on any atom is -0.397 e. The van der Waals surface area contributed by atoms with Gasteiger partial charge < -0.3 is 21.1 Å². The lowest BCUT2D eigenvalue weighted by molar-refractivity contribution is -0.116. The Bertz CT molecular complexity index is 458. The molecule has 1 aromatic rings. The molecule has 0 fully saturated rings. The van der Waals surface area contributed by atoms with Crippen molar-refractivity contribution in [1.82, 2.24) is 4.90 Å². The summed E-state index contributed by atoms with van der Waals surface area (Å²) in [6.07, 6.45) is -0.147. The number of anilines is 2. The van der Waals surface area contributed by atoms with E-state index in [0.717, 1.165) is 0 Å². The first-order valence-electron chi connectivity index (χ1n) is 6.20. The SMILES string of the molecule is CC(O)CN(C)CCC(=O)Nc1c(N)cc(Cl)cc1Cl. The van der Waals surface area contributed by atoms with Gasteiger partial charge in [-0.25, -0.2) is 0 Å². The number of nitrogen functional groups attached to an aromatic ring is 1. The quantitative estimate of drug-likeness (QED) is 0.702. The molecule has 1 atom stereocenters. The van der Waals surface area contributed by atoms with Crippen molar-refractivity contribution in [3.8, 4) is 0 Å². The summed E-state index contributed by atoms with van der Waals surface area (Å²) in [5, 5.41) is 12.6. The first kappa shape index (κ1) is 17.0. The van der Waals surface area contributed by atoms with Crippen LogP contribution in [-0.4, -0.2) is 42.2 Å². The summed E-state index contributed by atoms with van der Waals surface area (Å²) in [5.74, 6) is -0.196. The molecule has 0 spiro atoms. The molecular formula is C13H19Cl2N3O2. The van der Waals surface area contributed by atoms with Crippen molar-refractivity contribution in [2.45, 2.75) is 19.4 Å². The second kappa shape index (κ2) is 7.69. The third-order valence-corrected chi connectivity index (χ3v) is 3.16. The van der Waals surface area contributed by atoms with Gasteiger partial charge in [0.2, 0.25) is 5.91 Å². The van der Waals surface area contributed by atoms with Crippen LogP contribution in [0.5, 0.6) is 0 Å². The first-order chi connectivity index (χ1) is 9.29. The maximum absolute atomic E-state index is 11.8. The molecule has 20 heavy (non-hydrogen) atoms. The second-order valence-electron chi connectivity index (χ2n) is 4.76. The van der Waals surface area contributed by atoms with Crippen molar-refractivity contribution in [2.24, 2.45) is 0 Å². The van der Waals surface area contributed by atoms with E-state index in [2.05, 4.69) is 5.32 Å². The number of nitrogens with zero attached hydrogens (tertiary/aromatic N) is 1. The monoisotopic (exact) mass is 319 g/mol. The molecule has 0 aliphatic rings. The van der Waals surface area contributed by atoms with Gasteiger partial charge >= 0.3 is 0 Å². The zero-order valence-electron chi connectivity index (χ0n) is 11.5. The van der Waals surface area contributed by atoms with Crippen LogP contribution in [-0.2, 0) is 4.79 Å². The fourth-order valence-electron chi connectivity index (χ4n) is 1.76. The predicted molar refractivity (Wildman–Crippen MR) is 83.3 cm³/mol. The van der Waals surface area contributed by atoms with Crippen LogP contribution in [0.3, 0.4) is 0 Å². The van der Waals surface area contributed by atoms with Gasteiger partial charge in [0.05, 0.1) is 22.5 Å². The predicted octanol–water partition coefficient (Wildman–Crippen LogP) is 2.22. The Morgan fingerprint density at radius 3 is 2.70 bits per heavy atom. The molecule has 0 aliphatic carbocycles. The summed E-state index contributed by atoms with van der Waals surface area (Å²) in [6, 6.07) is 3.05. The number of nitrogens with one attached hydrogen (secondary N) is 1. The first-order valence-corrected chi connectivity index (χ1v) is 6.96.